The minimum absolute atomic E-state index is 0.0779. The molecule has 0 aromatic rings. The van der Waals surface area contributed by atoms with Gasteiger partial charge in [-0.25, -0.2) is 4.79 Å². The summed E-state index contributed by atoms with van der Waals surface area (Å²) in [5.74, 6) is 0.0779. The van der Waals surface area contributed by atoms with Crippen molar-refractivity contribution in [2.45, 2.75) is 38.3 Å². The molecule has 1 spiro atoms. The Balaban J connectivity index is 2.08. The first-order chi connectivity index (χ1) is 7.32. The van der Waals surface area contributed by atoms with Gasteiger partial charge in [0.1, 0.15) is 11.1 Å². The number of hydrogen-bond acceptors (Lipinski definition) is 4. The summed E-state index contributed by atoms with van der Waals surface area (Å²) in [5.41, 5.74) is -0.950. The van der Waals surface area contributed by atoms with Crippen LogP contribution in [0.5, 0.6) is 0 Å². The second kappa shape index (κ2) is 3.45. The Bertz CT molecular complexity index is 327. The van der Waals surface area contributed by atoms with Crippen molar-refractivity contribution >= 4 is 11.9 Å². The predicted molar refractivity (Wildman–Crippen MR) is 56.1 cm³/mol. The first-order valence-electron chi connectivity index (χ1n) is 5.43. The van der Waals surface area contributed by atoms with E-state index in [4.69, 9.17) is 9.47 Å². The maximum Gasteiger partial charge on any atom is 0.411 e. The van der Waals surface area contributed by atoms with Crippen molar-refractivity contribution in [3.63, 3.8) is 0 Å². The molecular formula is C11H17NO4. The van der Waals surface area contributed by atoms with Crippen molar-refractivity contribution in [3.8, 4) is 0 Å². The summed E-state index contributed by atoms with van der Waals surface area (Å²) in [6, 6.07) is 0. The minimum Gasteiger partial charge on any atom is -0.444 e. The van der Waals surface area contributed by atoms with Crippen LogP contribution in [0.4, 0.5) is 4.79 Å². The average molecular weight is 227 g/mol. The fraction of sp³-hybridized carbons (Fsp3) is 0.818. The minimum atomic E-state index is -0.533. The van der Waals surface area contributed by atoms with E-state index in [1.54, 1.807) is 0 Å². The third-order valence-corrected chi connectivity index (χ3v) is 2.79. The normalized spacial score (nSPS) is 23.4. The molecule has 2 fully saturated rings. The lowest BCUT2D eigenvalue weighted by atomic mass is 9.94. The number of ketones is 1. The highest BCUT2D eigenvalue weighted by Gasteiger charge is 2.53. The van der Waals surface area contributed by atoms with Gasteiger partial charge in [0.15, 0.2) is 5.78 Å². The van der Waals surface area contributed by atoms with E-state index in [-0.39, 0.29) is 12.3 Å². The van der Waals surface area contributed by atoms with Gasteiger partial charge in [-0.05, 0) is 20.8 Å². The first-order valence-corrected chi connectivity index (χ1v) is 5.43. The maximum absolute atomic E-state index is 11.9. The van der Waals surface area contributed by atoms with E-state index in [0.29, 0.717) is 19.6 Å². The molecule has 0 bridgehead atoms. The third-order valence-electron chi connectivity index (χ3n) is 2.79. The van der Waals surface area contributed by atoms with Gasteiger partial charge in [-0.1, -0.05) is 0 Å². The Labute approximate surface area is 94.7 Å². The smallest absolute Gasteiger partial charge is 0.411 e. The summed E-state index contributed by atoms with van der Waals surface area (Å²) in [6.07, 6.45) is -0.0201. The van der Waals surface area contributed by atoms with E-state index in [1.807, 2.05) is 20.8 Å². The van der Waals surface area contributed by atoms with Gasteiger partial charge in [0.05, 0.1) is 19.8 Å². The molecule has 2 aliphatic rings. The lowest BCUT2D eigenvalue weighted by Crippen LogP contribution is -2.61. The number of carbonyl (C=O) groups is 2. The largest absolute Gasteiger partial charge is 0.444 e. The van der Waals surface area contributed by atoms with Gasteiger partial charge in [-0.2, -0.15) is 0 Å². The standard InChI is InChI=1S/C11H17NO4/c1-10(2,3)16-9(14)12-5-8(13)4-11(12)6-15-7-11/h4-7H2,1-3H3. The molecule has 0 unspecified atom stereocenters. The van der Waals surface area contributed by atoms with Crippen LogP contribution in [0.15, 0.2) is 0 Å². The molecule has 0 aromatic carbocycles. The molecule has 0 N–H and O–H groups in total. The second-order valence-corrected chi connectivity index (χ2v) is 5.50. The monoisotopic (exact) mass is 227 g/mol. The highest BCUT2D eigenvalue weighted by molar-refractivity contribution is 5.89. The molecule has 5 heteroatoms. The van der Waals surface area contributed by atoms with Gasteiger partial charge < -0.3 is 9.47 Å². The number of likely N-dealkylation sites (tertiary alicyclic amines) is 1. The summed E-state index contributed by atoms with van der Waals surface area (Å²) >= 11 is 0. The number of hydrogen-bond donors (Lipinski definition) is 0. The van der Waals surface area contributed by atoms with E-state index in [2.05, 4.69) is 0 Å². The van der Waals surface area contributed by atoms with Gasteiger partial charge in [-0.15, -0.1) is 0 Å². The fourth-order valence-electron chi connectivity index (χ4n) is 2.03. The van der Waals surface area contributed by atoms with Gasteiger partial charge in [0.2, 0.25) is 0 Å². The van der Waals surface area contributed by atoms with Crippen LogP contribution in [0.2, 0.25) is 0 Å². The number of ether oxygens (including phenoxy) is 2. The van der Waals surface area contributed by atoms with Crippen molar-refractivity contribution < 1.29 is 19.1 Å². The van der Waals surface area contributed by atoms with Crippen LogP contribution in [-0.4, -0.2) is 47.7 Å². The van der Waals surface area contributed by atoms with Gasteiger partial charge >= 0.3 is 6.09 Å². The molecule has 1 amide bonds. The lowest BCUT2D eigenvalue weighted by molar-refractivity contribution is -0.124. The average Bonchev–Trinajstić information content (AvgIpc) is 2.39. The Morgan fingerprint density at radius 2 is 2.06 bits per heavy atom. The molecule has 2 aliphatic heterocycles. The van der Waals surface area contributed by atoms with Crippen molar-refractivity contribution in [1.29, 1.82) is 0 Å². The first kappa shape index (κ1) is 11.4. The van der Waals surface area contributed by atoms with Crippen LogP contribution < -0.4 is 0 Å². The zero-order valence-electron chi connectivity index (χ0n) is 9.91. The number of amides is 1. The summed E-state index contributed by atoms with van der Waals surface area (Å²) in [4.78, 5) is 24.9. The second-order valence-electron chi connectivity index (χ2n) is 5.50. The SMILES string of the molecule is CC(C)(C)OC(=O)N1CC(=O)CC12COC2. The van der Waals surface area contributed by atoms with E-state index in [1.165, 1.54) is 4.90 Å². The van der Waals surface area contributed by atoms with Crippen LogP contribution in [0.25, 0.3) is 0 Å². The zero-order valence-corrected chi connectivity index (χ0v) is 9.91. The number of rotatable bonds is 0. The van der Waals surface area contributed by atoms with Crippen LogP contribution in [-0.2, 0) is 14.3 Å². The summed E-state index contributed by atoms with van der Waals surface area (Å²) in [6.45, 7) is 6.47. The number of nitrogens with zero attached hydrogens (tertiary/aromatic N) is 1. The van der Waals surface area contributed by atoms with Crippen LogP contribution >= 0.6 is 0 Å². The lowest BCUT2D eigenvalue weighted by Gasteiger charge is -2.44. The Hall–Kier alpha value is -1.10. The quantitative estimate of drug-likeness (QED) is 0.618. The van der Waals surface area contributed by atoms with Crippen molar-refractivity contribution in [3.05, 3.63) is 0 Å². The summed E-state index contributed by atoms with van der Waals surface area (Å²) < 4.78 is 10.4. The molecule has 2 rings (SSSR count). The van der Waals surface area contributed by atoms with Gasteiger partial charge in [-0.3, -0.25) is 9.69 Å². The highest BCUT2D eigenvalue weighted by Crippen LogP contribution is 2.35. The van der Waals surface area contributed by atoms with E-state index < -0.39 is 17.2 Å². The molecule has 0 aliphatic carbocycles. The van der Waals surface area contributed by atoms with Gasteiger partial charge in [0, 0.05) is 6.42 Å². The Kier molecular flexibility index (Phi) is 2.45. The van der Waals surface area contributed by atoms with E-state index in [9.17, 15) is 9.59 Å². The Morgan fingerprint density at radius 3 is 2.50 bits per heavy atom. The molecule has 16 heavy (non-hydrogen) atoms. The number of carbonyl (C=O) groups excluding carboxylic acids is 2. The van der Waals surface area contributed by atoms with Crippen molar-refractivity contribution in [2.75, 3.05) is 19.8 Å². The van der Waals surface area contributed by atoms with Crippen molar-refractivity contribution in [1.82, 2.24) is 4.90 Å². The van der Waals surface area contributed by atoms with Crippen molar-refractivity contribution in [2.24, 2.45) is 0 Å². The molecule has 0 saturated carbocycles. The van der Waals surface area contributed by atoms with E-state index in [0.717, 1.165) is 0 Å². The predicted octanol–water partition coefficient (Wildman–Crippen LogP) is 0.965. The topological polar surface area (TPSA) is 55.8 Å². The molecule has 90 valence electrons. The van der Waals surface area contributed by atoms with Crippen LogP contribution in [0.1, 0.15) is 27.2 Å². The molecule has 2 saturated heterocycles. The Morgan fingerprint density at radius 1 is 1.44 bits per heavy atom. The molecule has 0 radical (unpaired) electrons. The molecular weight excluding hydrogens is 210 g/mol. The zero-order chi connectivity index (χ0) is 12.0. The molecule has 0 atom stereocenters. The third kappa shape index (κ3) is 1.91. The summed E-state index contributed by atoms with van der Waals surface area (Å²) in [5, 5.41) is 0. The molecule has 0 aromatic heterocycles. The molecule has 5 nitrogen and oxygen atoms in total. The fourth-order valence-corrected chi connectivity index (χ4v) is 2.03. The number of Topliss-reactive ketones (excluding diaryl/α,β-unsaturated/α-hetero) is 1. The van der Waals surface area contributed by atoms with Crippen LogP contribution in [0.3, 0.4) is 0 Å². The van der Waals surface area contributed by atoms with Crippen LogP contribution in [0, 0.1) is 0 Å². The van der Waals surface area contributed by atoms with Gasteiger partial charge in [0.25, 0.3) is 0 Å². The summed E-state index contributed by atoms with van der Waals surface area (Å²) in [7, 11) is 0. The highest BCUT2D eigenvalue weighted by atomic mass is 16.6. The van der Waals surface area contributed by atoms with E-state index >= 15 is 0 Å². The maximum atomic E-state index is 11.9. The molecule has 2 heterocycles.